The summed E-state index contributed by atoms with van der Waals surface area (Å²) in [5, 5.41) is 4.09. The lowest BCUT2D eigenvalue weighted by Gasteiger charge is -2.37. The van der Waals surface area contributed by atoms with E-state index in [0.717, 1.165) is 47.8 Å². The first-order valence-corrected chi connectivity index (χ1v) is 8.29. The van der Waals surface area contributed by atoms with Gasteiger partial charge < -0.3 is 10.2 Å². The summed E-state index contributed by atoms with van der Waals surface area (Å²) in [5.74, 6) is 4.48. The second-order valence-electron chi connectivity index (χ2n) is 7.90. The average molecular weight is 246 g/mol. The highest BCUT2D eigenvalue weighted by Crippen LogP contribution is 2.65. The van der Waals surface area contributed by atoms with Gasteiger partial charge in [0.1, 0.15) is 0 Å². The highest BCUT2D eigenvalue weighted by molar-refractivity contribution is 5.17. The number of nitrogens with zero attached hydrogens (tertiary/aromatic N) is 1. The van der Waals surface area contributed by atoms with Crippen LogP contribution in [-0.4, -0.2) is 36.1 Å². The van der Waals surface area contributed by atoms with Crippen LogP contribution in [0.25, 0.3) is 0 Å². The Morgan fingerprint density at radius 1 is 0.833 bits per heavy atom. The van der Waals surface area contributed by atoms with Crippen molar-refractivity contribution in [1.29, 1.82) is 0 Å². The molecule has 0 aromatic rings. The van der Waals surface area contributed by atoms with Crippen LogP contribution in [0.1, 0.15) is 44.9 Å². The molecule has 0 aromatic heterocycles. The molecule has 0 amide bonds. The molecule has 2 heterocycles. The van der Waals surface area contributed by atoms with Crippen LogP contribution in [0, 0.1) is 23.7 Å². The Bertz CT molecular complexity index is 338. The molecular formula is C16H26N2. The second kappa shape index (κ2) is 3.52. The van der Waals surface area contributed by atoms with Gasteiger partial charge in [0, 0.05) is 24.2 Å². The lowest BCUT2D eigenvalue weighted by molar-refractivity contribution is 0.145. The number of nitrogens with one attached hydrogen (secondary N) is 1. The second-order valence-corrected chi connectivity index (χ2v) is 7.90. The van der Waals surface area contributed by atoms with Gasteiger partial charge in [0.05, 0.1) is 0 Å². The molecule has 2 heteroatoms. The molecule has 2 nitrogen and oxygen atoms in total. The van der Waals surface area contributed by atoms with Crippen LogP contribution in [-0.2, 0) is 0 Å². The number of hydrogen-bond donors (Lipinski definition) is 1. The lowest BCUT2D eigenvalue weighted by atomic mass is 9.97. The SMILES string of the molecule is CN1C2CCC1CC(NC1C3C4CCC(C4)C13)C2. The van der Waals surface area contributed by atoms with Gasteiger partial charge in [-0.15, -0.1) is 0 Å². The molecule has 2 saturated heterocycles. The Balaban J connectivity index is 1.25. The first kappa shape index (κ1) is 10.7. The molecule has 5 fully saturated rings. The molecule has 0 spiro atoms. The van der Waals surface area contributed by atoms with Gasteiger partial charge in [-0.3, -0.25) is 0 Å². The molecule has 3 saturated carbocycles. The fourth-order valence-corrected chi connectivity index (χ4v) is 6.37. The predicted molar refractivity (Wildman–Crippen MR) is 72.3 cm³/mol. The summed E-state index contributed by atoms with van der Waals surface area (Å²) >= 11 is 0. The van der Waals surface area contributed by atoms with E-state index in [-0.39, 0.29) is 0 Å². The van der Waals surface area contributed by atoms with E-state index in [2.05, 4.69) is 17.3 Å². The zero-order valence-corrected chi connectivity index (χ0v) is 11.5. The normalized spacial score (nSPS) is 61.2. The molecule has 0 aromatic carbocycles. The van der Waals surface area contributed by atoms with Gasteiger partial charge in [0.2, 0.25) is 0 Å². The number of fused-ring (bicyclic) bond motifs is 7. The van der Waals surface area contributed by atoms with E-state index < -0.39 is 0 Å². The Morgan fingerprint density at radius 2 is 1.44 bits per heavy atom. The maximum atomic E-state index is 4.09. The van der Waals surface area contributed by atoms with Crippen molar-refractivity contribution in [2.75, 3.05) is 7.05 Å². The van der Waals surface area contributed by atoms with Crippen molar-refractivity contribution in [2.24, 2.45) is 23.7 Å². The van der Waals surface area contributed by atoms with Crippen molar-refractivity contribution >= 4 is 0 Å². The Labute approximate surface area is 110 Å². The van der Waals surface area contributed by atoms with Gasteiger partial charge >= 0.3 is 0 Å². The Kier molecular flexibility index (Phi) is 2.09. The van der Waals surface area contributed by atoms with Crippen LogP contribution in [0.2, 0.25) is 0 Å². The van der Waals surface area contributed by atoms with Gasteiger partial charge in [-0.05, 0) is 75.7 Å². The van der Waals surface area contributed by atoms with Gasteiger partial charge in [0.25, 0.3) is 0 Å². The summed E-state index contributed by atoms with van der Waals surface area (Å²) in [6.45, 7) is 0. The zero-order chi connectivity index (χ0) is 11.9. The third kappa shape index (κ3) is 1.31. The van der Waals surface area contributed by atoms with Gasteiger partial charge in [-0.1, -0.05) is 0 Å². The maximum Gasteiger partial charge on any atom is 0.0138 e. The highest BCUT2D eigenvalue weighted by Gasteiger charge is 2.65. The van der Waals surface area contributed by atoms with E-state index in [1.54, 1.807) is 19.3 Å². The van der Waals surface area contributed by atoms with Crippen molar-refractivity contribution in [3.63, 3.8) is 0 Å². The summed E-state index contributed by atoms with van der Waals surface area (Å²) in [5.41, 5.74) is 0. The van der Waals surface area contributed by atoms with Gasteiger partial charge in [-0.25, -0.2) is 0 Å². The third-order valence-corrected chi connectivity index (χ3v) is 7.26. The van der Waals surface area contributed by atoms with Gasteiger partial charge in [-0.2, -0.15) is 0 Å². The van der Waals surface area contributed by atoms with E-state index in [1.165, 1.54) is 25.7 Å². The third-order valence-electron chi connectivity index (χ3n) is 7.26. The summed E-state index contributed by atoms with van der Waals surface area (Å²) in [6, 6.07) is 3.60. The zero-order valence-electron chi connectivity index (χ0n) is 11.5. The first-order chi connectivity index (χ1) is 8.81. The molecular weight excluding hydrogens is 220 g/mol. The fourth-order valence-electron chi connectivity index (χ4n) is 6.37. The van der Waals surface area contributed by atoms with Crippen LogP contribution >= 0.6 is 0 Å². The average Bonchev–Trinajstić information content (AvgIpc) is 2.65. The highest BCUT2D eigenvalue weighted by atomic mass is 15.2. The molecule has 0 radical (unpaired) electrons. The summed E-state index contributed by atoms with van der Waals surface area (Å²) in [6.07, 6.45) is 10.5. The quantitative estimate of drug-likeness (QED) is 0.804. The molecule has 5 aliphatic rings. The van der Waals surface area contributed by atoms with Crippen LogP contribution in [0.5, 0.6) is 0 Å². The molecule has 100 valence electrons. The first-order valence-electron chi connectivity index (χ1n) is 8.29. The van der Waals surface area contributed by atoms with Crippen LogP contribution in [0.15, 0.2) is 0 Å². The van der Waals surface area contributed by atoms with Crippen LogP contribution in [0.4, 0.5) is 0 Å². The molecule has 5 rings (SSSR count). The monoisotopic (exact) mass is 246 g/mol. The van der Waals surface area contributed by atoms with E-state index in [4.69, 9.17) is 0 Å². The molecule has 4 bridgehead atoms. The summed E-state index contributed by atoms with van der Waals surface area (Å²) in [4.78, 5) is 2.66. The van der Waals surface area contributed by atoms with Crippen molar-refractivity contribution in [3.05, 3.63) is 0 Å². The van der Waals surface area contributed by atoms with E-state index in [9.17, 15) is 0 Å². The van der Waals surface area contributed by atoms with Gasteiger partial charge in [0.15, 0.2) is 0 Å². The predicted octanol–water partition coefficient (Wildman–Crippen LogP) is 2.25. The molecule has 6 atom stereocenters. The topological polar surface area (TPSA) is 15.3 Å². The number of rotatable bonds is 2. The molecule has 18 heavy (non-hydrogen) atoms. The number of piperidine rings is 1. The number of hydrogen-bond acceptors (Lipinski definition) is 2. The Morgan fingerprint density at radius 3 is 2.06 bits per heavy atom. The van der Waals surface area contributed by atoms with E-state index in [1.807, 2.05) is 0 Å². The van der Waals surface area contributed by atoms with E-state index in [0.29, 0.717) is 0 Å². The molecule has 3 aliphatic carbocycles. The maximum absolute atomic E-state index is 4.09. The van der Waals surface area contributed by atoms with Crippen LogP contribution < -0.4 is 5.32 Å². The summed E-state index contributed by atoms with van der Waals surface area (Å²) in [7, 11) is 2.35. The largest absolute Gasteiger partial charge is 0.311 e. The summed E-state index contributed by atoms with van der Waals surface area (Å²) < 4.78 is 0. The smallest absolute Gasteiger partial charge is 0.0138 e. The van der Waals surface area contributed by atoms with E-state index >= 15 is 0 Å². The minimum absolute atomic E-state index is 0.855. The van der Waals surface area contributed by atoms with Crippen molar-refractivity contribution in [1.82, 2.24) is 10.2 Å². The Hall–Kier alpha value is -0.0800. The molecule has 1 N–H and O–H groups in total. The lowest BCUT2D eigenvalue weighted by Crippen LogP contribution is -2.48. The van der Waals surface area contributed by atoms with Crippen molar-refractivity contribution in [2.45, 2.75) is 69.1 Å². The molecule has 6 unspecified atom stereocenters. The van der Waals surface area contributed by atoms with Crippen molar-refractivity contribution in [3.8, 4) is 0 Å². The van der Waals surface area contributed by atoms with Crippen molar-refractivity contribution < 1.29 is 0 Å². The minimum atomic E-state index is 0.855. The fraction of sp³-hybridized carbons (Fsp3) is 1.00. The minimum Gasteiger partial charge on any atom is -0.311 e. The molecule has 2 aliphatic heterocycles. The van der Waals surface area contributed by atoms with Crippen LogP contribution in [0.3, 0.4) is 0 Å². The standard InChI is InChI=1S/C16H26N2/c1-18-12-4-5-13(18)8-11(7-12)17-16-14-9-2-3-10(6-9)15(14)16/h9-17H,2-8H2,1H3.